The number of ether oxygens (including phenoxy) is 1. The standard InChI is InChI=1S/C24H27Cl2N3O3/c1-16(2)14-21(24(31)29-27-13-7-10-18-8-5-4-6-9-18)28-23(30)17(3)32-22-12-11-19(25)15-20(22)26/h4-13,15-17,21H,14H2,1-3H3,(H,28,30)(H,29,31)/b10-7+,27-13-/t17-,21-/m1/s1. The lowest BCUT2D eigenvalue weighted by molar-refractivity contribution is -0.132. The molecule has 2 amide bonds. The van der Waals surface area contributed by atoms with Gasteiger partial charge in [-0.1, -0.05) is 73.5 Å². The van der Waals surface area contributed by atoms with Gasteiger partial charge < -0.3 is 10.1 Å². The van der Waals surface area contributed by atoms with E-state index in [1.807, 2.05) is 50.3 Å². The van der Waals surface area contributed by atoms with Gasteiger partial charge in [-0.15, -0.1) is 0 Å². The van der Waals surface area contributed by atoms with E-state index in [1.54, 1.807) is 25.1 Å². The van der Waals surface area contributed by atoms with Gasteiger partial charge in [0.2, 0.25) is 0 Å². The molecular weight excluding hydrogens is 449 g/mol. The van der Waals surface area contributed by atoms with Crippen LogP contribution >= 0.6 is 23.2 Å². The van der Waals surface area contributed by atoms with Gasteiger partial charge in [0.1, 0.15) is 11.8 Å². The lowest BCUT2D eigenvalue weighted by Crippen LogP contribution is -2.49. The van der Waals surface area contributed by atoms with E-state index in [9.17, 15) is 9.59 Å². The SMILES string of the molecule is CC(C)C[C@@H](NC(=O)[C@@H](C)Oc1ccc(Cl)cc1Cl)C(=O)N/N=C\C=C\c1ccccc1. The molecule has 2 rings (SSSR count). The molecule has 8 heteroatoms. The second-order valence-corrected chi connectivity index (χ2v) is 8.39. The molecule has 0 aliphatic carbocycles. The number of benzene rings is 2. The summed E-state index contributed by atoms with van der Waals surface area (Å²) in [5, 5.41) is 7.42. The summed E-state index contributed by atoms with van der Waals surface area (Å²) in [6, 6.07) is 13.7. The van der Waals surface area contributed by atoms with E-state index >= 15 is 0 Å². The normalized spacial score (nSPS) is 13.3. The second-order valence-electron chi connectivity index (χ2n) is 7.55. The highest BCUT2D eigenvalue weighted by atomic mass is 35.5. The maximum atomic E-state index is 12.6. The van der Waals surface area contributed by atoms with E-state index < -0.39 is 24.0 Å². The number of carbonyl (C=O) groups is 2. The summed E-state index contributed by atoms with van der Waals surface area (Å²) in [6.45, 7) is 5.51. The Hall–Kier alpha value is -2.83. The lowest BCUT2D eigenvalue weighted by atomic mass is 10.0. The Labute approximate surface area is 198 Å². The van der Waals surface area contributed by atoms with Crippen molar-refractivity contribution in [1.29, 1.82) is 0 Å². The van der Waals surface area contributed by atoms with Gasteiger partial charge >= 0.3 is 0 Å². The molecule has 2 aromatic rings. The molecule has 0 aliphatic heterocycles. The van der Waals surface area contributed by atoms with Crippen LogP contribution in [0.15, 0.2) is 59.7 Å². The van der Waals surface area contributed by atoms with Crippen LogP contribution in [-0.4, -0.2) is 30.2 Å². The molecule has 0 radical (unpaired) electrons. The number of hydrazone groups is 1. The smallest absolute Gasteiger partial charge is 0.262 e. The van der Waals surface area contributed by atoms with Crippen molar-refractivity contribution < 1.29 is 14.3 Å². The fraction of sp³-hybridized carbons (Fsp3) is 0.292. The summed E-state index contributed by atoms with van der Waals surface area (Å²) in [6.07, 6.45) is 4.64. The van der Waals surface area contributed by atoms with E-state index in [-0.39, 0.29) is 5.92 Å². The van der Waals surface area contributed by atoms with Crippen LogP contribution in [-0.2, 0) is 9.59 Å². The molecule has 0 heterocycles. The minimum atomic E-state index is -0.867. The lowest BCUT2D eigenvalue weighted by Gasteiger charge is -2.22. The molecule has 2 aromatic carbocycles. The average molecular weight is 476 g/mol. The summed E-state index contributed by atoms with van der Waals surface area (Å²) in [5.41, 5.74) is 3.49. The number of allylic oxidation sites excluding steroid dienone is 1. The van der Waals surface area contributed by atoms with Crippen LogP contribution in [0.25, 0.3) is 6.08 Å². The van der Waals surface area contributed by atoms with Crippen LogP contribution in [0, 0.1) is 5.92 Å². The predicted octanol–water partition coefficient (Wildman–Crippen LogP) is 5.11. The molecular formula is C24H27Cl2N3O3. The molecule has 170 valence electrons. The van der Waals surface area contributed by atoms with Crippen molar-refractivity contribution in [1.82, 2.24) is 10.7 Å². The summed E-state index contributed by atoms with van der Waals surface area (Å²) < 4.78 is 5.63. The van der Waals surface area contributed by atoms with Gasteiger partial charge in [-0.25, -0.2) is 5.43 Å². The molecule has 0 aromatic heterocycles. The highest BCUT2D eigenvalue weighted by Crippen LogP contribution is 2.28. The van der Waals surface area contributed by atoms with Crippen molar-refractivity contribution in [3.63, 3.8) is 0 Å². The molecule has 0 bridgehead atoms. The Bertz CT molecular complexity index is 962. The monoisotopic (exact) mass is 475 g/mol. The van der Waals surface area contributed by atoms with Crippen molar-refractivity contribution >= 4 is 47.3 Å². The molecule has 0 unspecified atom stereocenters. The van der Waals surface area contributed by atoms with Gasteiger partial charge in [0.25, 0.3) is 11.8 Å². The number of amides is 2. The first-order valence-corrected chi connectivity index (χ1v) is 11.0. The first kappa shape index (κ1) is 25.4. The third-order valence-electron chi connectivity index (χ3n) is 4.33. The summed E-state index contributed by atoms with van der Waals surface area (Å²) in [7, 11) is 0. The number of carbonyl (C=O) groups excluding carboxylic acids is 2. The number of hydrogen-bond acceptors (Lipinski definition) is 4. The van der Waals surface area contributed by atoms with Gasteiger partial charge in [0, 0.05) is 11.2 Å². The third kappa shape index (κ3) is 8.73. The average Bonchev–Trinajstić information content (AvgIpc) is 2.75. The molecule has 32 heavy (non-hydrogen) atoms. The number of nitrogens with zero attached hydrogens (tertiary/aromatic N) is 1. The van der Waals surface area contributed by atoms with Gasteiger partial charge in [-0.05, 0) is 49.1 Å². The van der Waals surface area contributed by atoms with Gasteiger partial charge in [0.15, 0.2) is 6.10 Å². The largest absolute Gasteiger partial charge is 0.479 e. The van der Waals surface area contributed by atoms with E-state index in [0.717, 1.165) is 5.56 Å². The van der Waals surface area contributed by atoms with Gasteiger partial charge in [0.05, 0.1) is 5.02 Å². The number of hydrogen-bond donors (Lipinski definition) is 2. The van der Waals surface area contributed by atoms with E-state index in [1.165, 1.54) is 12.3 Å². The summed E-state index contributed by atoms with van der Waals surface area (Å²) in [5.74, 6) is -0.341. The second kappa shape index (κ2) is 12.9. The number of halogens is 2. The maximum Gasteiger partial charge on any atom is 0.262 e. The highest BCUT2D eigenvalue weighted by molar-refractivity contribution is 6.35. The zero-order valence-corrected chi connectivity index (χ0v) is 19.7. The van der Waals surface area contributed by atoms with Gasteiger partial charge in [-0.2, -0.15) is 5.10 Å². The van der Waals surface area contributed by atoms with Crippen LogP contribution in [0.1, 0.15) is 32.8 Å². The molecule has 0 spiro atoms. The quantitative estimate of drug-likeness (QED) is 0.370. The first-order valence-electron chi connectivity index (χ1n) is 10.2. The van der Waals surface area contributed by atoms with Crippen molar-refractivity contribution in [3.8, 4) is 5.75 Å². The number of nitrogens with one attached hydrogen (secondary N) is 2. The molecule has 6 nitrogen and oxygen atoms in total. The molecule has 0 saturated heterocycles. The zero-order valence-electron chi connectivity index (χ0n) is 18.2. The topological polar surface area (TPSA) is 79.8 Å². The predicted molar refractivity (Wildman–Crippen MR) is 130 cm³/mol. The van der Waals surface area contributed by atoms with Crippen LogP contribution in [0.5, 0.6) is 5.75 Å². The fourth-order valence-corrected chi connectivity index (χ4v) is 3.20. The Balaban J connectivity index is 1.94. The molecule has 0 saturated carbocycles. The van der Waals surface area contributed by atoms with E-state index in [0.29, 0.717) is 22.2 Å². The van der Waals surface area contributed by atoms with Gasteiger partial charge in [-0.3, -0.25) is 9.59 Å². The van der Waals surface area contributed by atoms with Crippen molar-refractivity contribution in [3.05, 3.63) is 70.2 Å². The highest BCUT2D eigenvalue weighted by Gasteiger charge is 2.25. The van der Waals surface area contributed by atoms with Crippen LogP contribution in [0.2, 0.25) is 10.0 Å². The van der Waals surface area contributed by atoms with Crippen molar-refractivity contribution in [2.24, 2.45) is 11.0 Å². The molecule has 0 aliphatic rings. The van der Waals surface area contributed by atoms with Crippen LogP contribution < -0.4 is 15.5 Å². The van der Waals surface area contributed by atoms with E-state index in [2.05, 4.69) is 15.8 Å². The van der Waals surface area contributed by atoms with Crippen LogP contribution in [0.3, 0.4) is 0 Å². The third-order valence-corrected chi connectivity index (χ3v) is 4.86. The summed E-state index contributed by atoms with van der Waals surface area (Å²) in [4.78, 5) is 25.2. The number of rotatable bonds is 10. The van der Waals surface area contributed by atoms with Crippen LogP contribution in [0.4, 0.5) is 0 Å². The maximum absolute atomic E-state index is 12.6. The summed E-state index contributed by atoms with van der Waals surface area (Å²) >= 11 is 12.0. The molecule has 2 atom stereocenters. The Kier molecular flexibility index (Phi) is 10.2. The molecule has 0 fully saturated rings. The first-order chi connectivity index (χ1) is 15.3. The Morgan fingerprint density at radius 2 is 1.78 bits per heavy atom. The zero-order chi connectivity index (χ0) is 23.5. The van der Waals surface area contributed by atoms with Crippen molar-refractivity contribution in [2.45, 2.75) is 39.3 Å². The van der Waals surface area contributed by atoms with Crippen molar-refractivity contribution in [2.75, 3.05) is 0 Å². The Morgan fingerprint density at radius 1 is 1.06 bits per heavy atom. The fourth-order valence-electron chi connectivity index (χ4n) is 2.75. The minimum Gasteiger partial charge on any atom is -0.479 e. The Morgan fingerprint density at radius 3 is 2.44 bits per heavy atom. The minimum absolute atomic E-state index is 0.176. The van der Waals surface area contributed by atoms with E-state index in [4.69, 9.17) is 27.9 Å². The molecule has 2 N–H and O–H groups in total.